The van der Waals surface area contributed by atoms with E-state index in [1.54, 1.807) is 6.07 Å². The Morgan fingerprint density at radius 2 is 1.95 bits per heavy atom. The number of nitrogens with zero attached hydrogens (tertiary/aromatic N) is 1. The molecule has 1 N–H and O–H groups in total. The molecule has 1 aliphatic heterocycles. The van der Waals surface area contributed by atoms with Crippen LogP contribution in [0.5, 0.6) is 0 Å². The van der Waals surface area contributed by atoms with Crippen LogP contribution in [0.15, 0.2) is 29.2 Å². The minimum atomic E-state index is -3.16. The predicted octanol–water partition coefficient (Wildman–Crippen LogP) is 1.53. The molecule has 0 radical (unpaired) electrons. The summed E-state index contributed by atoms with van der Waals surface area (Å²) in [7, 11) is -3.16. The third-order valence-electron chi connectivity index (χ3n) is 3.21. The lowest BCUT2D eigenvalue weighted by molar-refractivity contribution is 0.581. The van der Waals surface area contributed by atoms with E-state index in [1.165, 1.54) is 0 Å². The molecule has 0 atom stereocenters. The Bertz CT molecular complexity index is 520. The summed E-state index contributed by atoms with van der Waals surface area (Å²) < 4.78 is 24.5. The minimum absolute atomic E-state index is 0.146. The summed E-state index contributed by atoms with van der Waals surface area (Å²) in [5.74, 6) is 0.353. The molecule has 1 aromatic carbocycles. The van der Waals surface area contributed by atoms with Crippen LogP contribution < -0.4 is 10.2 Å². The molecule has 0 aliphatic carbocycles. The highest BCUT2D eigenvalue weighted by molar-refractivity contribution is 7.91. The van der Waals surface area contributed by atoms with Crippen LogP contribution in [0.25, 0.3) is 0 Å². The fraction of sp³-hybridized carbons (Fsp3) is 0.571. The lowest BCUT2D eigenvalue weighted by atomic mass is 10.2. The first-order valence-corrected chi connectivity index (χ1v) is 8.43. The van der Waals surface area contributed by atoms with Crippen LogP contribution in [0.1, 0.15) is 13.8 Å². The van der Waals surface area contributed by atoms with Crippen molar-refractivity contribution in [2.75, 3.05) is 36.8 Å². The average molecular weight is 282 g/mol. The fourth-order valence-corrected chi connectivity index (χ4v) is 3.99. The van der Waals surface area contributed by atoms with Crippen LogP contribution in [0, 0.1) is 5.92 Å². The molecule has 4 nitrogen and oxygen atoms in total. The fourth-order valence-electron chi connectivity index (χ4n) is 2.33. The smallest absolute Gasteiger partial charge is 0.178 e. The van der Waals surface area contributed by atoms with E-state index in [9.17, 15) is 8.42 Å². The summed E-state index contributed by atoms with van der Waals surface area (Å²) in [5.41, 5.74) is 1.01. The van der Waals surface area contributed by atoms with Crippen molar-refractivity contribution >= 4 is 15.5 Å². The zero-order valence-corrected chi connectivity index (χ0v) is 12.4. The Labute approximate surface area is 115 Å². The average Bonchev–Trinajstić information content (AvgIpc) is 2.38. The van der Waals surface area contributed by atoms with E-state index < -0.39 is 9.84 Å². The Morgan fingerprint density at radius 3 is 2.58 bits per heavy atom. The van der Waals surface area contributed by atoms with E-state index in [4.69, 9.17) is 0 Å². The van der Waals surface area contributed by atoms with Gasteiger partial charge in [-0.15, -0.1) is 0 Å². The summed E-state index contributed by atoms with van der Waals surface area (Å²) >= 11 is 0. The molecule has 19 heavy (non-hydrogen) atoms. The van der Waals surface area contributed by atoms with E-state index in [0.29, 0.717) is 4.90 Å². The van der Waals surface area contributed by atoms with E-state index in [0.717, 1.165) is 31.9 Å². The molecular formula is C14H22N2O2S. The lowest BCUT2D eigenvalue weighted by Crippen LogP contribution is -2.43. The van der Waals surface area contributed by atoms with E-state index in [-0.39, 0.29) is 11.7 Å². The monoisotopic (exact) mass is 282 g/mol. The topological polar surface area (TPSA) is 49.4 Å². The lowest BCUT2D eigenvalue weighted by Gasteiger charge is -2.29. The van der Waals surface area contributed by atoms with Crippen molar-refractivity contribution in [2.24, 2.45) is 5.92 Å². The standard InChI is InChI=1S/C14H22N2O2S/c1-12(2)11-19(17,18)14-5-3-4-13(10-14)16-8-6-15-7-9-16/h3-5,10,12,15H,6-9,11H2,1-2H3. The number of nitrogens with one attached hydrogen (secondary N) is 1. The van der Waals surface area contributed by atoms with Crippen molar-refractivity contribution < 1.29 is 8.42 Å². The van der Waals surface area contributed by atoms with Gasteiger partial charge >= 0.3 is 0 Å². The Morgan fingerprint density at radius 1 is 1.26 bits per heavy atom. The Balaban J connectivity index is 2.23. The SMILES string of the molecule is CC(C)CS(=O)(=O)c1cccc(N2CCNCC2)c1. The Kier molecular flexibility index (Phi) is 4.47. The number of hydrogen-bond donors (Lipinski definition) is 1. The predicted molar refractivity (Wildman–Crippen MR) is 78.4 cm³/mol. The number of hydrogen-bond acceptors (Lipinski definition) is 4. The third kappa shape index (κ3) is 3.70. The van der Waals surface area contributed by atoms with Gasteiger partial charge in [-0.05, 0) is 24.1 Å². The van der Waals surface area contributed by atoms with Gasteiger partial charge in [-0.3, -0.25) is 0 Å². The molecule has 1 fully saturated rings. The molecule has 2 rings (SSSR count). The number of anilines is 1. The highest BCUT2D eigenvalue weighted by Gasteiger charge is 2.18. The first kappa shape index (κ1) is 14.3. The molecule has 5 heteroatoms. The normalized spacial score (nSPS) is 16.9. The second kappa shape index (κ2) is 5.92. The first-order valence-electron chi connectivity index (χ1n) is 6.77. The van der Waals surface area contributed by atoms with E-state index >= 15 is 0 Å². The van der Waals surface area contributed by atoms with Gasteiger partial charge in [0, 0.05) is 31.9 Å². The summed E-state index contributed by atoms with van der Waals surface area (Å²) in [6.07, 6.45) is 0. The largest absolute Gasteiger partial charge is 0.369 e. The quantitative estimate of drug-likeness (QED) is 0.910. The van der Waals surface area contributed by atoms with E-state index in [1.807, 2.05) is 32.0 Å². The van der Waals surface area contributed by atoms with Gasteiger partial charge in [0.2, 0.25) is 0 Å². The molecule has 0 bridgehead atoms. The van der Waals surface area contributed by atoms with Gasteiger partial charge in [0.25, 0.3) is 0 Å². The summed E-state index contributed by atoms with van der Waals surface area (Å²) in [4.78, 5) is 2.67. The second-order valence-electron chi connectivity index (χ2n) is 5.41. The molecule has 1 aliphatic rings. The van der Waals surface area contributed by atoms with Crippen molar-refractivity contribution in [3.63, 3.8) is 0 Å². The number of sulfone groups is 1. The van der Waals surface area contributed by atoms with Crippen molar-refractivity contribution in [2.45, 2.75) is 18.7 Å². The van der Waals surface area contributed by atoms with Crippen LogP contribution in [0.3, 0.4) is 0 Å². The highest BCUT2D eigenvalue weighted by Crippen LogP contribution is 2.21. The van der Waals surface area contributed by atoms with Gasteiger partial charge in [0.15, 0.2) is 9.84 Å². The van der Waals surface area contributed by atoms with Crippen LogP contribution >= 0.6 is 0 Å². The van der Waals surface area contributed by atoms with E-state index in [2.05, 4.69) is 10.2 Å². The Hall–Kier alpha value is -1.07. The maximum atomic E-state index is 12.2. The molecule has 0 unspecified atom stereocenters. The molecule has 1 heterocycles. The molecule has 0 aromatic heterocycles. The molecule has 0 saturated carbocycles. The van der Waals surface area contributed by atoms with Crippen molar-refractivity contribution in [3.05, 3.63) is 24.3 Å². The number of benzene rings is 1. The van der Waals surface area contributed by atoms with Crippen molar-refractivity contribution in [3.8, 4) is 0 Å². The number of rotatable bonds is 4. The first-order chi connectivity index (χ1) is 8.99. The van der Waals surface area contributed by atoms with Crippen LogP contribution in [-0.4, -0.2) is 40.3 Å². The molecule has 1 aromatic rings. The second-order valence-corrected chi connectivity index (χ2v) is 7.44. The van der Waals surface area contributed by atoms with Gasteiger partial charge in [0.05, 0.1) is 10.6 Å². The van der Waals surface area contributed by atoms with Gasteiger partial charge in [-0.2, -0.15) is 0 Å². The van der Waals surface area contributed by atoms with Gasteiger partial charge < -0.3 is 10.2 Å². The molecule has 106 valence electrons. The summed E-state index contributed by atoms with van der Waals surface area (Å²) in [6, 6.07) is 7.33. The van der Waals surface area contributed by atoms with Crippen LogP contribution in [0.2, 0.25) is 0 Å². The highest BCUT2D eigenvalue weighted by atomic mass is 32.2. The van der Waals surface area contributed by atoms with Crippen LogP contribution in [-0.2, 0) is 9.84 Å². The zero-order valence-electron chi connectivity index (χ0n) is 11.6. The molecular weight excluding hydrogens is 260 g/mol. The maximum absolute atomic E-state index is 12.2. The summed E-state index contributed by atoms with van der Waals surface area (Å²) in [5, 5.41) is 3.30. The molecule has 0 amide bonds. The zero-order chi connectivity index (χ0) is 13.9. The third-order valence-corrected chi connectivity index (χ3v) is 5.29. The van der Waals surface area contributed by atoms with Gasteiger partial charge in [-0.1, -0.05) is 19.9 Å². The number of piperazine rings is 1. The minimum Gasteiger partial charge on any atom is -0.369 e. The van der Waals surface area contributed by atoms with Crippen molar-refractivity contribution in [1.29, 1.82) is 0 Å². The maximum Gasteiger partial charge on any atom is 0.178 e. The van der Waals surface area contributed by atoms with Crippen molar-refractivity contribution in [1.82, 2.24) is 5.32 Å². The van der Waals surface area contributed by atoms with Crippen LogP contribution in [0.4, 0.5) is 5.69 Å². The summed E-state index contributed by atoms with van der Waals surface area (Å²) in [6.45, 7) is 7.60. The van der Waals surface area contributed by atoms with Gasteiger partial charge in [-0.25, -0.2) is 8.42 Å². The van der Waals surface area contributed by atoms with Gasteiger partial charge in [0.1, 0.15) is 0 Å². The molecule has 1 saturated heterocycles. The molecule has 0 spiro atoms.